The Hall–Kier alpha value is -2.30. The van der Waals surface area contributed by atoms with Crippen LogP contribution >= 0.6 is 0 Å². The molecule has 1 unspecified atom stereocenters. The van der Waals surface area contributed by atoms with Crippen LogP contribution in [-0.4, -0.2) is 73.9 Å². The van der Waals surface area contributed by atoms with E-state index in [0.717, 1.165) is 11.3 Å². The molecule has 1 saturated carbocycles. The van der Waals surface area contributed by atoms with Crippen LogP contribution in [0.1, 0.15) is 38.2 Å². The Labute approximate surface area is 209 Å². The summed E-state index contributed by atoms with van der Waals surface area (Å²) in [5.41, 5.74) is 0.858. The summed E-state index contributed by atoms with van der Waals surface area (Å²) >= 11 is 0. The van der Waals surface area contributed by atoms with Crippen LogP contribution in [0.25, 0.3) is 0 Å². The van der Waals surface area contributed by atoms with E-state index in [4.69, 9.17) is 18.9 Å². The summed E-state index contributed by atoms with van der Waals surface area (Å²) in [4.78, 5) is 38.5. The van der Waals surface area contributed by atoms with Gasteiger partial charge in [0.1, 0.15) is 18.4 Å². The maximum absolute atomic E-state index is 13.3. The summed E-state index contributed by atoms with van der Waals surface area (Å²) in [7, 11) is 0.0901. The first-order valence-electron chi connectivity index (χ1n) is 12.1. The molecular formula is C25H37N2O7S+. The molecule has 1 aliphatic heterocycles. The van der Waals surface area contributed by atoms with Crippen molar-refractivity contribution >= 4 is 28.9 Å². The monoisotopic (exact) mass is 509 g/mol. The number of alkyl carbamates (subject to hydrolysis) is 1. The predicted molar refractivity (Wildman–Crippen MR) is 133 cm³/mol. The molecule has 10 heteroatoms. The van der Waals surface area contributed by atoms with Crippen molar-refractivity contribution < 1.29 is 33.3 Å². The summed E-state index contributed by atoms with van der Waals surface area (Å²) in [6.07, 6.45) is 5.38. The Balaban J connectivity index is 1.63. The van der Waals surface area contributed by atoms with E-state index < -0.39 is 29.9 Å². The van der Waals surface area contributed by atoms with Crippen molar-refractivity contribution in [1.82, 2.24) is 10.6 Å². The Bertz CT molecular complexity index is 845. The summed E-state index contributed by atoms with van der Waals surface area (Å²) in [6, 6.07) is 8.13. The number of ether oxygens (including phenoxy) is 4. The first-order valence-corrected chi connectivity index (χ1v) is 14.3. The number of benzene rings is 1. The van der Waals surface area contributed by atoms with Crippen LogP contribution in [0.2, 0.25) is 0 Å². The standard InChI is InChI=1S/C25H36N2O7S/c1-4-31-23(29)19-16-25(33-13-14-34-25)12-10-20(19)26-22(28)21(11-15-35(2)3)27-24(30)32-17-18-8-6-5-7-9-18/h5-9,19-21H,4,10-17H2,1-3H3,(H-,26,27,28,30)/p+1/t19-,20+,21?/m1/s1. The Kier molecular flexibility index (Phi) is 10.2. The highest BCUT2D eigenvalue weighted by atomic mass is 32.2. The molecule has 0 aromatic heterocycles. The van der Waals surface area contributed by atoms with Gasteiger partial charge in [0.25, 0.3) is 0 Å². The highest BCUT2D eigenvalue weighted by Gasteiger charge is 2.48. The van der Waals surface area contributed by atoms with E-state index in [9.17, 15) is 14.4 Å². The molecule has 1 heterocycles. The summed E-state index contributed by atoms with van der Waals surface area (Å²) in [6.45, 7) is 3.08. The second kappa shape index (κ2) is 13.1. The van der Waals surface area contributed by atoms with E-state index in [2.05, 4.69) is 23.1 Å². The molecule has 1 aromatic carbocycles. The number of esters is 1. The fraction of sp³-hybridized carbons (Fsp3) is 0.640. The minimum absolute atomic E-state index is 0.0901. The third-order valence-corrected chi connectivity index (χ3v) is 7.27. The Morgan fingerprint density at radius 2 is 1.86 bits per heavy atom. The fourth-order valence-corrected chi connectivity index (χ4v) is 5.10. The number of amides is 2. The summed E-state index contributed by atoms with van der Waals surface area (Å²) in [5, 5.41) is 5.72. The van der Waals surface area contributed by atoms with Gasteiger partial charge >= 0.3 is 12.1 Å². The Morgan fingerprint density at radius 3 is 2.51 bits per heavy atom. The average molecular weight is 510 g/mol. The first kappa shape index (κ1) is 27.3. The van der Waals surface area contributed by atoms with Crippen molar-refractivity contribution in [2.24, 2.45) is 5.92 Å². The number of hydrogen-bond donors (Lipinski definition) is 2. The third kappa shape index (κ3) is 8.12. The van der Waals surface area contributed by atoms with Gasteiger partial charge < -0.3 is 29.6 Å². The zero-order chi connectivity index (χ0) is 25.3. The molecule has 1 aliphatic carbocycles. The van der Waals surface area contributed by atoms with Crippen LogP contribution < -0.4 is 10.6 Å². The van der Waals surface area contributed by atoms with Crippen LogP contribution in [-0.2, 0) is 46.0 Å². The largest absolute Gasteiger partial charge is 0.466 e. The quantitative estimate of drug-likeness (QED) is 0.367. The summed E-state index contributed by atoms with van der Waals surface area (Å²) in [5.74, 6) is -1.34. The third-order valence-electron chi connectivity index (χ3n) is 6.22. The molecule has 2 amide bonds. The lowest BCUT2D eigenvalue weighted by Gasteiger charge is -2.40. The van der Waals surface area contributed by atoms with Crippen molar-refractivity contribution in [2.75, 3.05) is 38.1 Å². The van der Waals surface area contributed by atoms with Gasteiger partial charge in [0.05, 0.1) is 38.3 Å². The van der Waals surface area contributed by atoms with Crippen molar-refractivity contribution in [2.45, 2.75) is 57.1 Å². The van der Waals surface area contributed by atoms with Gasteiger partial charge in [-0.05, 0) is 29.8 Å². The lowest BCUT2D eigenvalue weighted by molar-refractivity contribution is -0.199. The molecule has 2 N–H and O–H groups in total. The molecule has 3 atom stereocenters. The summed E-state index contributed by atoms with van der Waals surface area (Å²) < 4.78 is 22.2. The van der Waals surface area contributed by atoms with Crippen LogP contribution in [0.5, 0.6) is 0 Å². The first-order chi connectivity index (χ1) is 16.8. The van der Waals surface area contributed by atoms with Gasteiger partial charge in [0, 0.05) is 25.3 Å². The van der Waals surface area contributed by atoms with Gasteiger partial charge in [-0.3, -0.25) is 9.59 Å². The molecule has 0 radical (unpaired) electrons. The molecule has 1 aromatic rings. The SMILES string of the molecule is CCOC(=O)[C@@H]1CC2(CC[C@@H]1NC(=O)C(CC[S+](C)C)NC(=O)OCc1ccccc1)OCCO2. The number of carbonyl (C=O) groups is 3. The Morgan fingerprint density at radius 1 is 1.14 bits per heavy atom. The van der Waals surface area contributed by atoms with Crippen molar-refractivity contribution in [1.29, 1.82) is 0 Å². The fourth-order valence-electron chi connectivity index (χ4n) is 4.40. The molecule has 9 nitrogen and oxygen atoms in total. The molecule has 2 fully saturated rings. The normalized spacial score (nSPS) is 21.9. The zero-order valence-electron chi connectivity index (χ0n) is 20.7. The molecule has 35 heavy (non-hydrogen) atoms. The molecule has 3 rings (SSSR count). The van der Waals surface area contributed by atoms with E-state index in [1.165, 1.54) is 0 Å². The van der Waals surface area contributed by atoms with E-state index in [-0.39, 0.29) is 36.0 Å². The van der Waals surface area contributed by atoms with Crippen LogP contribution in [0.15, 0.2) is 30.3 Å². The lowest BCUT2D eigenvalue weighted by atomic mass is 9.80. The minimum Gasteiger partial charge on any atom is -0.466 e. The smallest absolute Gasteiger partial charge is 0.408 e. The maximum Gasteiger partial charge on any atom is 0.408 e. The van der Waals surface area contributed by atoms with Gasteiger partial charge in [0.2, 0.25) is 5.91 Å². The second-order valence-corrected chi connectivity index (χ2v) is 11.4. The maximum atomic E-state index is 13.3. The van der Waals surface area contributed by atoms with Crippen molar-refractivity contribution in [3.63, 3.8) is 0 Å². The van der Waals surface area contributed by atoms with Crippen molar-refractivity contribution in [3.05, 3.63) is 35.9 Å². The van der Waals surface area contributed by atoms with Crippen molar-refractivity contribution in [3.8, 4) is 0 Å². The van der Waals surface area contributed by atoms with E-state index in [1.54, 1.807) is 6.92 Å². The zero-order valence-corrected chi connectivity index (χ0v) is 21.6. The minimum atomic E-state index is -0.795. The number of carbonyl (C=O) groups excluding carboxylic acids is 3. The van der Waals surface area contributed by atoms with Gasteiger partial charge in [-0.15, -0.1) is 0 Å². The molecular weight excluding hydrogens is 472 g/mol. The van der Waals surface area contributed by atoms with E-state index in [0.29, 0.717) is 38.9 Å². The molecule has 194 valence electrons. The predicted octanol–water partition coefficient (Wildman–Crippen LogP) is 2.14. The van der Waals surface area contributed by atoms with Gasteiger partial charge in [-0.25, -0.2) is 4.79 Å². The van der Waals surface area contributed by atoms with E-state index in [1.807, 2.05) is 30.3 Å². The van der Waals surface area contributed by atoms with E-state index >= 15 is 0 Å². The molecule has 1 saturated heterocycles. The molecule has 0 bridgehead atoms. The van der Waals surface area contributed by atoms with Crippen LogP contribution in [0.3, 0.4) is 0 Å². The van der Waals surface area contributed by atoms with Gasteiger partial charge in [-0.2, -0.15) is 0 Å². The lowest BCUT2D eigenvalue weighted by Crippen LogP contribution is -2.56. The highest BCUT2D eigenvalue weighted by Crippen LogP contribution is 2.39. The molecule has 2 aliphatic rings. The van der Waals surface area contributed by atoms with Crippen LogP contribution in [0, 0.1) is 5.92 Å². The second-order valence-electron chi connectivity index (χ2n) is 9.06. The number of nitrogens with one attached hydrogen (secondary N) is 2. The van der Waals surface area contributed by atoms with Gasteiger partial charge in [-0.1, -0.05) is 30.3 Å². The topological polar surface area (TPSA) is 112 Å². The van der Waals surface area contributed by atoms with Crippen LogP contribution in [0.4, 0.5) is 4.79 Å². The highest BCUT2D eigenvalue weighted by molar-refractivity contribution is 7.95. The number of rotatable bonds is 10. The molecule has 1 spiro atoms. The number of hydrogen-bond acceptors (Lipinski definition) is 7. The van der Waals surface area contributed by atoms with Gasteiger partial charge in [0.15, 0.2) is 5.79 Å². The average Bonchev–Trinajstić information content (AvgIpc) is 3.30.